The van der Waals surface area contributed by atoms with Crippen LogP contribution in [-0.2, 0) is 14.8 Å². The molecule has 1 amide bonds. The van der Waals surface area contributed by atoms with Crippen LogP contribution in [0.1, 0.15) is 17.2 Å². The molecule has 2 saturated heterocycles. The lowest BCUT2D eigenvalue weighted by Gasteiger charge is -2.33. The first-order chi connectivity index (χ1) is 14.4. The second kappa shape index (κ2) is 7.11. The van der Waals surface area contributed by atoms with Gasteiger partial charge in [-0.2, -0.15) is 4.31 Å². The van der Waals surface area contributed by atoms with Crippen LogP contribution in [0.2, 0.25) is 0 Å². The highest BCUT2D eigenvalue weighted by Gasteiger charge is 2.48. The molecule has 0 spiro atoms. The second-order valence-corrected chi connectivity index (χ2v) is 9.91. The molecule has 2 aliphatic rings. The van der Waals surface area contributed by atoms with Gasteiger partial charge in [-0.1, -0.05) is 54.1 Å². The average Bonchev–Trinajstić information content (AvgIpc) is 3.18. The van der Waals surface area contributed by atoms with Crippen molar-refractivity contribution in [3.63, 3.8) is 0 Å². The van der Waals surface area contributed by atoms with E-state index in [1.165, 1.54) is 4.31 Å². The van der Waals surface area contributed by atoms with Crippen molar-refractivity contribution in [2.45, 2.75) is 24.0 Å². The molecular formula is C23H22N2O4S. The van der Waals surface area contributed by atoms with Crippen molar-refractivity contribution in [3.05, 3.63) is 77.9 Å². The Balaban J connectivity index is 1.47. The average molecular weight is 423 g/mol. The summed E-state index contributed by atoms with van der Waals surface area (Å²) in [6.45, 7) is 2.37. The number of hydrogen-bond acceptors (Lipinski definition) is 4. The quantitative estimate of drug-likeness (QED) is 0.700. The van der Waals surface area contributed by atoms with E-state index in [1.807, 2.05) is 43.3 Å². The van der Waals surface area contributed by atoms with Crippen LogP contribution in [0.4, 0.5) is 4.79 Å². The fraction of sp³-hybridized carbons (Fsp3) is 0.261. The predicted molar refractivity (Wildman–Crippen MR) is 114 cm³/mol. The topological polar surface area (TPSA) is 75.7 Å². The Labute approximate surface area is 175 Å². The van der Waals surface area contributed by atoms with Crippen LogP contribution in [-0.4, -0.2) is 38.0 Å². The molecule has 5 rings (SSSR count). The first kappa shape index (κ1) is 19.1. The lowest BCUT2D eigenvalue weighted by molar-refractivity contribution is 0.0405. The van der Waals surface area contributed by atoms with Crippen molar-refractivity contribution in [3.8, 4) is 0 Å². The number of nitrogens with one attached hydrogen (secondary N) is 1. The summed E-state index contributed by atoms with van der Waals surface area (Å²) in [5.41, 5.74) is 1.95. The lowest BCUT2D eigenvalue weighted by Crippen LogP contribution is -2.46. The van der Waals surface area contributed by atoms with Crippen LogP contribution in [0, 0.1) is 12.8 Å². The molecule has 0 aromatic heterocycles. The number of sulfonamides is 1. The molecule has 0 saturated carbocycles. The van der Waals surface area contributed by atoms with Gasteiger partial charge in [0.05, 0.1) is 17.5 Å². The number of ether oxygens (including phenoxy) is 1. The van der Waals surface area contributed by atoms with E-state index in [0.29, 0.717) is 6.54 Å². The summed E-state index contributed by atoms with van der Waals surface area (Å²) in [6, 6.07) is 20.6. The molecule has 2 aliphatic heterocycles. The highest BCUT2D eigenvalue weighted by molar-refractivity contribution is 7.89. The zero-order chi connectivity index (χ0) is 20.9. The van der Waals surface area contributed by atoms with Crippen LogP contribution in [0.15, 0.2) is 71.6 Å². The third-order valence-electron chi connectivity index (χ3n) is 6.03. The second-order valence-electron chi connectivity index (χ2n) is 7.97. The molecule has 0 aliphatic carbocycles. The molecule has 6 nitrogen and oxygen atoms in total. The number of rotatable bonds is 3. The van der Waals surface area contributed by atoms with E-state index in [0.717, 1.165) is 21.9 Å². The summed E-state index contributed by atoms with van der Waals surface area (Å²) < 4.78 is 33.2. The molecule has 3 aromatic rings. The zero-order valence-electron chi connectivity index (χ0n) is 16.5. The monoisotopic (exact) mass is 422 g/mol. The Morgan fingerprint density at radius 2 is 1.70 bits per heavy atom. The SMILES string of the molecule is Cc1ccc(S(=O)(=O)N2C[C@H]3[C@@H](C2)OC(=O)N[C@H]3c2ccc3ccccc3c2)cc1. The van der Waals surface area contributed by atoms with Crippen LogP contribution >= 0.6 is 0 Å². The van der Waals surface area contributed by atoms with Crippen molar-refractivity contribution in [1.29, 1.82) is 0 Å². The van der Waals surface area contributed by atoms with Gasteiger partial charge in [0.2, 0.25) is 10.0 Å². The Bertz CT molecular complexity index is 1220. The van der Waals surface area contributed by atoms with Crippen molar-refractivity contribution < 1.29 is 17.9 Å². The Kier molecular flexibility index (Phi) is 4.52. The number of benzene rings is 3. The van der Waals surface area contributed by atoms with Crippen molar-refractivity contribution in [2.24, 2.45) is 5.92 Å². The number of amides is 1. The number of alkyl carbamates (subject to hydrolysis) is 1. The number of carbonyl (C=O) groups excluding carboxylic acids is 1. The maximum atomic E-state index is 13.2. The zero-order valence-corrected chi connectivity index (χ0v) is 17.3. The number of hydrogen-bond donors (Lipinski definition) is 1. The largest absolute Gasteiger partial charge is 0.444 e. The van der Waals surface area contributed by atoms with E-state index in [9.17, 15) is 13.2 Å². The normalized spacial score (nSPS) is 24.3. The lowest BCUT2D eigenvalue weighted by atomic mass is 9.88. The molecule has 3 aromatic carbocycles. The molecular weight excluding hydrogens is 400 g/mol. The van der Waals surface area contributed by atoms with Crippen LogP contribution in [0.3, 0.4) is 0 Å². The van der Waals surface area contributed by atoms with Gasteiger partial charge in [0.1, 0.15) is 6.10 Å². The molecule has 0 unspecified atom stereocenters. The molecule has 2 heterocycles. The van der Waals surface area contributed by atoms with Gasteiger partial charge < -0.3 is 10.1 Å². The van der Waals surface area contributed by atoms with Gasteiger partial charge >= 0.3 is 6.09 Å². The third kappa shape index (κ3) is 3.24. The fourth-order valence-corrected chi connectivity index (χ4v) is 5.89. The summed E-state index contributed by atoms with van der Waals surface area (Å²) in [6.07, 6.45) is -0.987. The van der Waals surface area contributed by atoms with Crippen LogP contribution in [0.5, 0.6) is 0 Å². The van der Waals surface area contributed by atoms with Gasteiger partial charge in [0.15, 0.2) is 0 Å². The minimum Gasteiger partial charge on any atom is -0.444 e. The summed E-state index contributed by atoms with van der Waals surface area (Å²) in [4.78, 5) is 12.5. The van der Waals surface area contributed by atoms with Gasteiger partial charge in [-0.25, -0.2) is 13.2 Å². The molecule has 2 fully saturated rings. The maximum Gasteiger partial charge on any atom is 0.407 e. The molecule has 0 bridgehead atoms. The minimum atomic E-state index is -3.66. The first-order valence-corrected chi connectivity index (χ1v) is 11.4. The van der Waals surface area contributed by atoms with E-state index in [1.54, 1.807) is 24.3 Å². The van der Waals surface area contributed by atoms with Gasteiger partial charge in [-0.05, 0) is 41.5 Å². The molecule has 7 heteroatoms. The number of nitrogens with zero attached hydrogens (tertiary/aromatic N) is 1. The molecule has 1 N–H and O–H groups in total. The molecule has 0 radical (unpaired) electrons. The van der Waals surface area contributed by atoms with Gasteiger partial charge in [0, 0.05) is 12.5 Å². The third-order valence-corrected chi connectivity index (χ3v) is 7.87. The van der Waals surface area contributed by atoms with Crippen LogP contribution < -0.4 is 5.32 Å². The smallest absolute Gasteiger partial charge is 0.407 e. The highest BCUT2D eigenvalue weighted by Crippen LogP contribution is 2.38. The minimum absolute atomic E-state index is 0.163. The first-order valence-electron chi connectivity index (χ1n) is 9.94. The molecule has 3 atom stereocenters. The maximum absolute atomic E-state index is 13.2. The summed E-state index contributed by atoms with van der Waals surface area (Å²) in [7, 11) is -3.66. The van der Waals surface area contributed by atoms with E-state index in [4.69, 9.17) is 4.74 Å². The Morgan fingerprint density at radius 1 is 0.967 bits per heavy atom. The van der Waals surface area contributed by atoms with Crippen LogP contribution in [0.25, 0.3) is 10.8 Å². The van der Waals surface area contributed by atoms with E-state index in [2.05, 4.69) is 11.4 Å². The van der Waals surface area contributed by atoms with Crippen molar-refractivity contribution in [1.82, 2.24) is 9.62 Å². The highest BCUT2D eigenvalue weighted by atomic mass is 32.2. The van der Waals surface area contributed by atoms with Gasteiger partial charge in [-0.15, -0.1) is 0 Å². The Hall–Kier alpha value is -2.90. The number of fused-ring (bicyclic) bond motifs is 2. The van der Waals surface area contributed by atoms with Crippen molar-refractivity contribution in [2.75, 3.05) is 13.1 Å². The summed E-state index contributed by atoms with van der Waals surface area (Å²) in [5.74, 6) is -0.163. The van der Waals surface area contributed by atoms with Gasteiger partial charge in [-0.3, -0.25) is 0 Å². The fourth-order valence-electron chi connectivity index (χ4n) is 4.40. The molecule has 154 valence electrons. The number of carbonyl (C=O) groups is 1. The summed E-state index contributed by atoms with van der Waals surface area (Å²) in [5, 5.41) is 5.10. The predicted octanol–water partition coefficient (Wildman–Crippen LogP) is 3.62. The number of aryl methyl sites for hydroxylation is 1. The van der Waals surface area contributed by atoms with E-state index < -0.39 is 22.2 Å². The van der Waals surface area contributed by atoms with E-state index >= 15 is 0 Å². The Morgan fingerprint density at radius 3 is 2.47 bits per heavy atom. The van der Waals surface area contributed by atoms with E-state index in [-0.39, 0.29) is 23.4 Å². The standard InChI is InChI=1S/C23H22N2O4S/c1-15-6-10-19(11-7-15)30(27,28)25-13-20-21(14-25)29-23(26)24-22(20)18-9-8-16-4-2-3-5-17(16)12-18/h2-12,20-22H,13-14H2,1H3,(H,24,26)/t20-,21+,22-/m0/s1. The molecule has 30 heavy (non-hydrogen) atoms. The van der Waals surface area contributed by atoms with Gasteiger partial charge in [0.25, 0.3) is 0 Å². The van der Waals surface area contributed by atoms with Crippen molar-refractivity contribution >= 4 is 26.9 Å². The summed E-state index contributed by atoms with van der Waals surface area (Å²) >= 11 is 0.